The van der Waals surface area contributed by atoms with Gasteiger partial charge in [-0.15, -0.1) is 11.8 Å². The van der Waals surface area contributed by atoms with Crippen LogP contribution in [0.2, 0.25) is 0 Å². The smallest absolute Gasteiger partial charge is 0.164 e. The van der Waals surface area contributed by atoms with Gasteiger partial charge in [-0.05, 0) is 52.7 Å². The van der Waals surface area contributed by atoms with Gasteiger partial charge >= 0.3 is 0 Å². The minimum Gasteiger partial charge on any atom is -0.398 e. The fourth-order valence-electron chi connectivity index (χ4n) is 3.41. The summed E-state index contributed by atoms with van der Waals surface area (Å²) >= 11 is 1.59. The van der Waals surface area contributed by atoms with E-state index in [1.165, 1.54) is 12.1 Å². The maximum atomic E-state index is 13.3. The molecule has 0 unspecified atom stereocenters. The van der Waals surface area contributed by atoms with E-state index in [1.807, 2.05) is 42.5 Å². The molecule has 0 fully saturated rings. The first-order chi connectivity index (χ1) is 14.1. The molecule has 144 valence electrons. The Bertz CT molecular complexity index is 1150. The molecular formula is C25H20FNOS. The van der Waals surface area contributed by atoms with Crippen LogP contribution in [0.1, 0.15) is 27.6 Å². The van der Waals surface area contributed by atoms with Gasteiger partial charge in [0.05, 0.1) is 0 Å². The van der Waals surface area contributed by atoms with Crippen LogP contribution in [-0.4, -0.2) is 5.78 Å². The quantitative estimate of drug-likeness (QED) is 0.223. The van der Waals surface area contributed by atoms with Crippen molar-refractivity contribution < 1.29 is 9.18 Å². The lowest BCUT2D eigenvalue weighted by Crippen LogP contribution is -2.06. The summed E-state index contributed by atoms with van der Waals surface area (Å²) in [6.45, 7) is 0. The highest BCUT2D eigenvalue weighted by Crippen LogP contribution is 2.43. The van der Waals surface area contributed by atoms with E-state index in [0.717, 1.165) is 21.2 Å². The van der Waals surface area contributed by atoms with Gasteiger partial charge in [-0.2, -0.15) is 0 Å². The predicted molar refractivity (Wildman–Crippen MR) is 119 cm³/mol. The number of fused-ring (bicyclic) bond motifs is 1. The monoisotopic (exact) mass is 401 g/mol. The minimum atomic E-state index is -0.349. The third-order valence-corrected chi connectivity index (χ3v) is 6.23. The van der Waals surface area contributed by atoms with Crippen molar-refractivity contribution >= 4 is 34.0 Å². The highest BCUT2D eigenvalue weighted by Gasteiger charge is 2.21. The third kappa shape index (κ3) is 4.33. The van der Waals surface area contributed by atoms with Crippen molar-refractivity contribution in [1.29, 1.82) is 0 Å². The second kappa shape index (κ2) is 8.50. The van der Waals surface area contributed by atoms with Gasteiger partial charge in [0.15, 0.2) is 5.78 Å². The fraction of sp³-hybridized carbons (Fsp3) is 0.0800. The van der Waals surface area contributed by atoms with Crippen LogP contribution in [-0.2, 0) is 0 Å². The zero-order valence-corrected chi connectivity index (χ0v) is 16.5. The molecule has 0 bridgehead atoms. The molecule has 29 heavy (non-hydrogen) atoms. The van der Waals surface area contributed by atoms with E-state index in [4.69, 9.17) is 5.73 Å². The van der Waals surface area contributed by atoms with E-state index in [-0.39, 0.29) is 16.9 Å². The zero-order chi connectivity index (χ0) is 20.2. The van der Waals surface area contributed by atoms with Gasteiger partial charge in [0.2, 0.25) is 0 Å². The summed E-state index contributed by atoms with van der Waals surface area (Å²) in [6.07, 6.45) is 0.290. The van der Waals surface area contributed by atoms with Crippen molar-refractivity contribution in [3.8, 4) is 0 Å². The fourth-order valence-corrected chi connectivity index (χ4v) is 4.64. The lowest BCUT2D eigenvalue weighted by molar-refractivity contribution is 0.0982. The Morgan fingerprint density at radius 2 is 1.55 bits per heavy atom. The number of ketones is 1. The molecule has 4 rings (SSSR count). The minimum absolute atomic E-state index is 0.0232. The van der Waals surface area contributed by atoms with Crippen molar-refractivity contribution in [3.05, 3.63) is 108 Å². The lowest BCUT2D eigenvalue weighted by atomic mass is 9.97. The maximum absolute atomic E-state index is 13.3. The molecule has 1 atom stereocenters. The summed E-state index contributed by atoms with van der Waals surface area (Å²) in [5.74, 6) is -0.372. The van der Waals surface area contributed by atoms with Crippen LogP contribution in [0.25, 0.3) is 10.8 Å². The number of nitrogen functional groups attached to an aromatic ring is 1. The van der Waals surface area contributed by atoms with Crippen molar-refractivity contribution in [2.24, 2.45) is 0 Å². The summed E-state index contributed by atoms with van der Waals surface area (Å²) in [5.41, 5.74) is 8.46. The van der Waals surface area contributed by atoms with Crippen LogP contribution in [0.4, 0.5) is 10.1 Å². The summed E-state index contributed by atoms with van der Waals surface area (Å²) in [4.78, 5) is 13.9. The Labute approximate surface area is 173 Å². The van der Waals surface area contributed by atoms with Crippen LogP contribution in [0.15, 0.2) is 95.9 Å². The molecule has 4 aromatic rings. The Kier molecular flexibility index (Phi) is 5.63. The van der Waals surface area contributed by atoms with Crippen LogP contribution < -0.4 is 5.73 Å². The average molecular weight is 402 g/mol. The molecule has 2 N–H and O–H groups in total. The van der Waals surface area contributed by atoms with Crippen molar-refractivity contribution in [3.63, 3.8) is 0 Å². The Balaban J connectivity index is 1.73. The summed E-state index contributed by atoms with van der Waals surface area (Å²) in [7, 11) is 0. The van der Waals surface area contributed by atoms with Crippen molar-refractivity contribution in [2.75, 3.05) is 5.73 Å². The standard InChI is InChI=1S/C25H20FNOS/c26-19-14-12-18(13-15-19)23(28)16-25(29-24-11-4-3-10-22(24)27)21-9-5-7-17-6-1-2-8-20(17)21/h1-15,25H,16,27H2/t25-/m0/s1. The molecule has 0 saturated carbocycles. The molecule has 4 heteroatoms. The number of anilines is 1. The molecule has 0 saturated heterocycles. The highest BCUT2D eigenvalue weighted by molar-refractivity contribution is 7.99. The summed E-state index contributed by atoms with van der Waals surface area (Å²) < 4.78 is 13.3. The first kappa shape index (κ1) is 19.2. The van der Waals surface area contributed by atoms with Crippen LogP contribution in [0.5, 0.6) is 0 Å². The molecule has 0 heterocycles. The SMILES string of the molecule is Nc1ccccc1S[C@@H](CC(=O)c1ccc(F)cc1)c1cccc2ccccc12. The second-order valence-electron chi connectivity index (χ2n) is 6.85. The molecular weight excluding hydrogens is 381 g/mol. The van der Waals surface area contributed by atoms with Gasteiger partial charge in [-0.25, -0.2) is 4.39 Å². The number of Topliss-reactive ketones (excluding diaryl/α,β-unsaturated/α-hetero) is 1. The number of para-hydroxylation sites is 1. The van der Waals surface area contributed by atoms with E-state index in [0.29, 0.717) is 17.7 Å². The van der Waals surface area contributed by atoms with Gasteiger partial charge in [-0.3, -0.25) is 4.79 Å². The van der Waals surface area contributed by atoms with Gasteiger partial charge in [0.1, 0.15) is 5.82 Å². The van der Waals surface area contributed by atoms with Crippen molar-refractivity contribution in [1.82, 2.24) is 0 Å². The molecule has 0 aliphatic carbocycles. The third-order valence-electron chi connectivity index (χ3n) is 4.90. The molecule has 0 spiro atoms. The number of carbonyl (C=O) groups is 1. The number of rotatable bonds is 6. The molecule has 0 aromatic heterocycles. The molecule has 2 nitrogen and oxygen atoms in total. The van der Waals surface area contributed by atoms with Crippen LogP contribution in [0, 0.1) is 5.82 Å². The molecule has 4 aromatic carbocycles. The van der Waals surface area contributed by atoms with E-state index in [2.05, 4.69) is 24.3 Å². The predicted octanol–water partition coefficient (Wildman–Crippen LogP) is 6.67. The van der Waals surface area contributed by atoms with E-state index >= 15 is 0 Å². The maximum Gasteiger partial charge on any atom is 0.164 e. The molecule has 0 amide bonds. The Hall–Kier alpha value is -3.11. The van der Waals surface area contributed by atoms with Gasteiger partial charge in [0, 0.05) is 27.8 Å². The van der Waals surface area contributed by atoms with E-state index < -0.39 is 0 Å². The zero-order valence-electron chi connectivity index (χ0n) is 15.7. The number of thioether (sulfide) groups is 1. The molecule has 0 aliphatic heterocycles. The highest BCUT2D eigenvalue weighted by atomic mass is 32.2. The second-order valence-corrected chi connectivity index (χ2v) is 8.09. The largest absolute Gasteiger partial charge is 0.398 e. The lowest BCUT2D eigenvalue weighted by Gasteiger charge is -2.19. The normalized spacial score (nSPS) is 12.0. The Morgan fingerprint density at radius 3 is 2.34 bits per heavy atom. The number of hydrogen-bond acceptors (Lipinski definition) is 3. The first-order valence-corrected chi connectivity index (χ1v) is 10.3. The van der Waals surface area contributed by atoms with Crippen molar-refractivity contribution in [2.45, 2.75) is 16.6 Å². The van der Waals surface area contributed by atoms with Crippen LogP contribution in [0.3, 0.4) is 0 Å². The average Bonchev–Trinajstić information content (AvgIpc) is 2.75. The molecule has 0 radical (unpaired) electrons. The number of benzene rings is 4. The summed E-state index contributed by atoms with van der Waals surface area (Å²) in [6, 6.07) is 27.7. The van der Waals surface area contributed by atoms with Crippen LogP contribution >= 0.6 is 11.8 Å². The Morgan fingerprint density at radius 1 is 0.862 bits per heavy atom. The number of hydrogen-bond donors (Lipinski definition) is 1. The number of carbonyl (C=O) groups excluding carboxylic acids is 1. The molecule has 0 aliphatic rings. The first-order valence-electron chi connectivity index (χ1n) is 9.39. The number of nitrogens with two attached hydrogens (primary N) is 1. The number of halogens is 1. The van der Waals surface area contributed by atoms with E-state index in [1.54, 1.807) is 23.9 Å². The van der Waals surface area contributed by atoms with E-state index in [9.17, 15) is 9.18 Å². The van der Waals surface area contributed by atoms with Gasteiger partial charge < -0.3 is 5.73 Å². The van der Waals surface area contributed by atoms with Gasteiger partial charge in [-0.1, -0.05) is 54.6 Å². The van der Waals surface area contributed by atoms with Gasteiger partial charge in [0.25, 0.3) is 0 Å². The summed E-state index contributed by atoms with van der Waals surface area (Å²) in [5, 5.41) is 2.13. The topological polar surface area (TPSA) is 43.1 Å².